The van der Waals surface area contributed by atoms with E-state index >= 15 is 8.78 Å². The van der Waals surface area contributed by atoms with E-state index in [9.17, 15) is 17.6 Å². The van der Waals surface area contributed by atoms with Crippen molar-refractivity contribution in [2.45, 2.75) is 89.3 Å². The number of benzene rings is 2. The van der Waals surface area contributed by atoms with Gasteiger partial charge in [0.05, 0.1) is 0 Å². The van der Waals surface area contributed by atoms with Crippen LogP contribution in [0.25, 0.3) is 0 Å². The SMILES string of the molecule is CCCCC1CCC(c2cc(F)c(C3CCc4c(ccc(OC(F)(F)F)c4F)C3)c(F)c2)CC1. The van der Waals surface area contributed by atoms with E-state index in [0.717, 1.165) is 31.7 Å². The second-order valence-corrected chi connectivity index (χ2v) is 9.76. The molecule has 1 saturated carbocycles. The molecule has 2 aliphatic carbocycles. The summed E-state index contributed by atoms with van der Waals surface area (Å²) < 4.78 is 86.1. The average molecular weight is 485 g/mol. The van der Waals surface area contributed by atoms with Crippen molar-refractivity contribution >= 4 is 0 Å². The molecule has 0 N–H and O–H groups in total. The van der Waals surface area contributed by atoms with Gasteiger partial charge < -0.3 is 4.74 Å². The molecule has 2 aliphatic rings. The Hall–Kier alpha value is -2.18. The lowest BCUT2D eigenvalue weighted by molar-refractivity contribution is -0.275. The van der Waals surface area contributed by atoms with E-state index in [2.05, 4.69) is 11.7 Å². The third kappa shape index (κ3) is 5.55. The largest absolute Gasteiger partial charge is 0.573 e. The molecule has 0 amide bonds. The Morgan fingerprint density at radius 1 is 0.912 bits per heavy atom. The molecule has 186 valence electrons. The third-order valence-corrected chi connectivity index (χ3v) is 7.53. The van der Waals surface area contributed by atoms with Crippen LogP contribution in [0.15, 0.2) is 24.3 Å². The molecular formula is C27H30F6O. The van der Waals surface area contributed by atoms with Crippen LogP contribution in [0.5, 0.6) is 5.75 Å². The van der Waals surface area contributed by atoms with E-state index in [1.807, 2.05) is 0 Å². The first kappa shape index (κ1) is 24.9. The van der Waals surface area contributed by atoms with E-state index in [1.54, 1.807) is 0 Å². The summed E-state index contributed by atoms with van der Waals surface area (Å²) >= 11 is 0. The lowest BCUT2D eigenvalue weighted by atomic mass is 9.75. The summed E-state index contributed by atoms with van der Waals surface area (Å²) in [5.41, 5.74) is 1.26. The molecule has 34 heavy (non-hydrogen) atoms. The minimum absolute atomic E-state index is 0.0120. The van der Waals surface area contributed by atoms with Gasteiger partial charge in [-0.3, -0.25) is 0 Å². The van der Waals surface area contributed by atoms with Gasteiger partial charge in [-0.15, -0.1) is 13.2 Å². The van der Waals surface area contributed by atoms with Crippen molar-refractivity contribution in [2.75, 3.05) is 0 Å². The summed E-state index contributed by atoms with van der Waals surface area (Å²) in [5, 5.41) is 0. The molecule has 1 atom stereocenters. The molecule has 0 aromatic heterocycles. The molecule has 4 rings (SSSR count). The molecular weight excluding hydrogens is 454 g/mol. The number of unbranched alkanes of at least 4 members (excludes halogenated alkanes) is 1. The summed E-state index contributed by atoms with van der Waals surface area (Å²) in [6, 6.07) is 5.18. The van der Waals surface area contributed by atoms with Crippen molar-refractivity contribution < 1.29 is 31.1 Å². The Balaban J connectivity index is 1.48. The number of hydrogen-bond donors (Lipinski definition) is 0. The predicted molar refractivity (Wildman–Crippen MR) is 118 cm³/mol. The maximum atomic E-state index is 15.1. The van der Waals surface area contributed by atoms with Crippen molar-refractivity contribution in [3.63, 3.8) is 0 Å². The van der Waals surface area contributed by atoms with Crippen LogP contribution in [0.1, 0.15) is 92.4 Å². The van der Waals surface area contributed by atoms with Gasteiger partial charge >= 0.3 is 6.36 Å². The van der Waals surface area contributed by atoms with Gasteiger partial charge in [0.15, 0.2) is 11.6 Å². The molecule has 0 heterocycles. The molecule has 1 unspecified atom stereocenters. The fourth-order valence-corrected chi connectivity index (χ4v) is 5.74. The summed E-state index contributed by atoms with van der Waals surface area (Å²) in [5.74, 6) is -2.75. The van der Waals surface area contributed by atoms with E-state index in [0.29, 0.717) is 17.0 Å². The van der Waals surface area contributed by atoms with Crippen LogP contribution in [-0.2, 0) is 12.8 Å². The summed E-state index contributed by atoms with van der Waals surface area (Å²) in [7, 11) is 0. The average Bonchev–Trinajstić information content (AvgIpc) is 2.78. The molecule has 0 saturated heterocycles. The monoisotopic (exact) mass is 484 g/mol. The second kappa shape index (κ2) is 10.2. The van der Waals surface area contributed by atoms with E-state index in [4.69, 9.17) is 0 Å². The van der Waals surface area contributed by atoms with Crippen molar-refractivity contribution in [1.29, 1.82) is 0 Å². The van der Waals surface area contributed by atoms with E-state index in [-0.39, 0.29) is 36.3 Å². The molecule has 1 nitrogen and oxygen atoms in total. The Morgan fingerprint density at radius 2 is 1.59 bits per heavy atom. The van der Waals surface area contributed by atoms with Crippen LogP contribution >= 0.6 is 0 Å². The molecule has 0 spiro atoms. The summed E-state index contributed by atoms with van der Waals surface area (Å²) in [4.78, 5) is 0. The third-order valence-electron chi connectivity index (χ3n) is 7.53. The first-order chi connectivity index (χ1) is 16.2. The van der Waals surface area contributed by atoms with E-state index < -0.39 is 35.5 Å². The number of hydrogen-bond acceptors (Lipinski definition) is 1. The Labute approximate surface area is 196 Å². The van der Waals surface area contributed by atoms with Gasteiger partial charge in [-0.05, 0) is 97.6 Å². The van der Waals surface area contributed by atoms with Crippen molar-refractivity contribution in [2.24, 2.45) is 5.92 Å². The van der Waals surface area contributed by atoms with Crippen LogP contribution < -0.4 is 4.74 Å². The molecule has 1 fully saturated rings. The standard InChI is InChI=1S/C27H30F6O/c1-2-3-4-16-5-7-17(8-6-16)20-14-22(28)25(23(29)15-20)19-9-11-21-18(13-19)10-12-24(26(21)30)34-27(31,32)33/h10,12,14-17,19H,2-9,11,13H2,1H3. The van der Waals surface area contributed by atoms with Gasteiger partial charge in [-0.25, -0.2) is 13.2 Å². The molecule has 0 bridgehead atoms. The summed E-state index contributed by atoms with van der Waals surface area (Å²) in [6.07, 6.45) is 3.16. The zero-order valence-electron chi connectivity index (χ0n) is 19.3. The highest BCUT2D eigenvalue weighted by atomic mass is 19.4. The Bertz CT molecular complexity index is 984. The highest BCUT2D eigenvalue weighted by Gasteiger charge is 2.35. The number of alkyl halides is 3. The number of halogens is 6. The molecule has 0 radical (unpaired) electrons. The molecule has 2 aromatic carbocycles. The highest BCUT2D eigenvalue weighted by Crippen LogP contribution is 2.42. The van der Waals surface area contributed by atoms with Gasteiger partial charge in [-0.2, -0.15) is 0 Å². The smallest absolute Gasteiger partial charge is 0.403 e. The maximum absolute atomic E-state index is 15.1. The van der Waals surface area contributed by atoms with Crippen molar-refractivity contribution in [3.05, 3.63) is 64.0 Å². The first-order valence-electron chi connectivity index (χ1n) is 12.2. The summed E-state index contributed by atoms with van der Waals surface area (Å²) in [6.45, 7) is 2.18. The quantitative estimate of drug-likeness (QED) is 0.373. The normalized spacial score (nSPS) is 23.0. The van der Waals surface area contributed by atoms with Crippen LogP contribution in [0, 0.1) is 23.4 Å². The first-order valence-corrected chi connectivity index (χ1v) is 12.2. The minimum atomic E-state index is -4.99. The molecule has 0 aliphatic heterocycles. The van der Waals surface area contributed by atoms with Gasteiger partial charge in [0.2, 0.25) is 0 Å². The Morgan fingerprint density at radius 3 is 2.21 bits per heavy atom. The van der Waals surface area contributed by atoms with Gasteiger partial charge in [0, 0.05) is 5.56 Å². The fourth-order valence-electron chi connectivity index (χ4n) is 5.74. The van der Waals surface area contributed by atoms with E-state index in [1.165, 1.54) is 37.5 Å². The zero-order chi connectivity index (χ0) is 24.5. The number of ether oxygens (including phenoxy) is 1. The van der Waals surface area contributed by atoms with Gasteiger partial charge in [0.1, 0.15) is 11.6 Å². The maximum Gasteiger partial charge on any atom is 0.573 e. The minimum Gasteiger partial charge on any atom is -0.403 e. The zero-order valence-corrected chi connectivity index (χ0v) is 19.3. The van der Waals surface area contributed by atoms with Crippen molar-refractivity contribution in [3.8, 4) is 5.75 Å². The topological polar surface area (TPSA) is 9.23 Å². The second-order valence-electron chi connectivity index (χ2n) is 9.76. The van der Waals surface area contributed by atoms with Crippen molar-refractivity contribution in [1.82, 2.24) is 0 Å². The predicted octanol–water partition coefficient (Wildman–Crippen LogP) is 8.74. The van der Waals surface area contributed by atoms with Crippen LogP contribution in [0.2, 0.25) is 0 Å². The number of fused-ring (bicyclic) bond motifs is 1. The van der Waals surface area contributed by atoms with Gasteiger partial charge in [0.25, 0.3) is 0 Å². The molecule has 7 heteroatoms. The lowest BCUT2D eigenvalue weighted by Gasteiger charge is -2.30. The van der Waals surface area contributed by atoms with Gasteiger partial charge in [-0.1, -0.05) is 32.3 Å². The van der Waals surface area contributed by atoms with Crippen LogP contribution in [0.3, 0.4) is 0 Å². The number of rotatable bonds is 6. The highest BCUT2D eigenvalue weighted by molar-refractivity contribution is 5.42. The Kier molecular flexibility index (Phi) is 7.48. The van der Waals surface area contributed by atoms with Crippen LogP contribution in [-0.4, -0.2) is 6.36 Å². The molecule has 2 aromatic rings. The lowest BCUT2D eigenvalue weighted by Crippen LogP contribution is -2.21. The van der Waals surface area contributed by atoms with Crippen LogP contribution in [0.4, 0.5) is 26.3 Å². The fraction of sp³-hybridized carbons (Fsp3) is 0.556.